The van der Waals surface area contributed by atoms with Crippen molar-refractivity contribution in [3.05, 3.63) is 29.3 Å². The molecule has 0 aliphatic heterocycles. The van der Waals surface area contributed by atoms with E-state index in [-0.39, 0.29) is 12.8 Å². The fourth-order valence-corrected chi connectivity index (χ4v) is 2.94. The number of hydrogen-bond donors (Lipinski definition) is 3. The van der Waals surface area contributed by atoms with Crippen LogP contribution in [0.5, 0.6) is 0 Å². The van der Waals surface area contributed by atoms with Crippen LogP contribution in [0.2, 0.25) is 0 Å². The Balaban J connectivity index is 2.15. The predicted molar refractivity (Wildman–Crippen MR) is 74.7 cm³/mol. The van der Waals surface area contributed by atoms with Crippen LogP contribution in [0.1, 0.15) is 11.4 Å². The van der Waals surface area contributed by atoms with Gasteiger partial charge in [0.15, 0.2) is 0 Å². The van der Waals surface area contributed by atoms with Gasteiger partial charge in [0.1, 0.15) is 6.04 Å². The Kier molecular flexibility index (Phi) is 4.31. The maximum absolute atomic E-state index is 11.2. The third kappa shape index (κ3) is 3.31. The van der Waals surface area contributed by atoms with E-state index in [1.807, 2.05) is 24.3 Å². The largest absolute Gasteiger partial charge is 0.481 e. The van der Waals surface area contributed by atoms with Crippen LogP contribution in [0.15, 0.2) is 24.3 Å². The van der Waals surface area contributed by atoms with Crippen molar-refractivity contribution in [1.29, 1.82) is 0 Å². The second-order valence-electron chi connectivity index (χ2n) is 4.50. The van der Waals surface area contributed by atoms with Crippen molar-refractivity contribution in [2.75, 3.05) is 0 Å². The van der Waals surface area contributed by atoms with E-state index in [1.165, 1.54) is 11.3 Å². The SMILES string of the molecule is N[C@H](C[C@H](Cc1nc2ccccc2s1)C(=O)O)C(=O)O. The van der Waals surface area contributed by atoms with Crippen LogP contribution in [0, 0.1) is 5.92 Å². The van der Waals surface area contributed by atoms with Crippen molar-refractivity contribution in [1.82, 2.24) is 4.98 Å². The average Bonchev–Trinajstić information content (AvgIpc) is 2.79. The first-order valence-corrected chi connectivity index (χ1v) is 6.84. The molecule has 0 saturated carbocycles. The molecule has 20 heavy (non-hydrogen) atoms. The van der Waals surface area contributed by atoms with E-state index in [2.05, 4.69) is 4.98 Å². The highest BCUT2D eigenvalue weighted by Gasteiger charge is 2.25. The lowest BCUT2D eigenvalue weighted by molar-refractivity contribution is -0.143. The molecule has 2 aromatic rings. The molecule has 0 bridgehead atoms. The zero-order valence-electron chi connectivity index (χ0n) is 10.5. The van der Waals surface area contributed by atoms with E-state index in [1.54, 1.807) is 0 Å². The average molecular weight is 294 g/mol. The lowest BCUT2D eigenvalue weighted by Crippen LogP contribution is -2.35. The first-order chi connectivity index (χ1) is 9.47. The second kappa shape index (κ2) is 5.98. The van der Waals surface area contributed by atoms with Crippen LogP contribution in [-0.2, 0) is 16.0 Å². The molecule has 1 aromatic heterocycles. The van der Waals surface area contributed by atoms with E-state index >= 15 is 0 Å². The summed E-state index contributed by atoms with van der Waals surface area (Å²) in [4.78, 5) is 26.3. The van der Waals surface area contributed by atoms with Gasteiger partial charge in [-0.05, 0) is 18.6 Å². The standard InChI is InChI=1S/C13H14N2O4S/c14-8(13(18)19)5-7(12(16)17)6-11-15-9-3-1-2-4-10(9)20-11/h1-4,7-8H,5-6,14H2,(H,16,17)(H,18,19)/t7-,8-/m1/s1. The van der Waals surface area contributed by atoms with Gasteiger partial charge in [-0.15, -0.1) is 11.3 Å². The van der Waals surface area contributed by atoms with Gasteiger partial charge >= 0.3 is 11.9 Å². The summed E-state index contributed by atoms with van der Waals surface area (Å²) in [5.41, 5.74) is 6.22. The third-order valence-electron chi connectivity index (χ3n) is 2.96. The van der Waals surface area contributed by atoms with Gasteiger partial charge in [-0.25, -0.2) is 4.98 Å². The normalized spacial score (nSPS) is 14.1. The minimum Gasteiger partial charge on any atom is -0.481 e. The van der Waals surface area contributed by atoms with Crippen molar-refractivity contribution in [2.45, 2.75) is 18.9 Å². The Hall–Kier alpha value is -1.99. The molecule has 2 rings (SSSR count). The lowest BCUT2D eigenvalue weighted by atomic mass is 9.97. The summed E-state index contributed by atoms with van der Waals surface area (Å²) >= 11 is 1.42. The summed E-state index contributed by atoms with van der Waals surface area (Å²) < 4.78 is 0.981. The van der Waals surface area contributed by atoms with Gasteiger partial charge in [0, 0.05) is 6.42 Å². The molecular weight excluding hydrogens is 280 g/mol. The number of benzene rings is 1. The maximum atomic E-state index is 11.2. The molecule has 2 atom stereocenters. The highest BCUT2D eigenvalue weighted by molar-refractivity contribution is 7.18. The third-order valence-corrected chi connectivity index (χ3v) is 4.02. The molecular formula is C13H14N2O4S. The molecule has 0 radical (unpaired) electrons. The number of para-hydroxylation sites is 1. The number of thiazole rings is 1. The molecule has 7 heteroatoms. The van der Waals surface area contributed by atoms with E-state index in [0.29, 0.717) is 5.01 Å². The number of rotatable bonds is 6. The van der Waals surface area contributed by atoms with Crippen molar-refractivity contribution < 1.29 is 19.8 Å². The number of fused-ring (bicyclic) bond motifs is 1. The minimum absolute atomic E-state index is 0.111. The van der Waals surface area contributed by atoms with Gasteiger partial charge in [0.2, 0.25) is 0 Å². The van der Waals surface area contributed by atoms with E-state index in [0.717, 1.165) is 10.2 Å². The Labute approximate surface area is 118 Å². The number of carbonyl (C=O) groups is 2. The van der Waals surface area contributed by atoms with Gasteiger partial charge in [-0.3, -0.25) is 9.59 Å². The van der Waals surface area contributed by atoms with Gasteiger partial charge in [-0.1, -0.05) is 12.1 Å². The summed E-state index contributed by atoms with van der Waals surface area (Å²) in [6, 6.07) is 6.34. The zero-order chi connectivity index (χ0) is 14.7. The lowest BCUT2D eigenvalue weighted by Gasteiger charge is -2.13. The zero-order valence-corrected chi connectivity index (χ0v) is 11.3. The smallest absolute Gasteiger partial charge is 0.320 e. The van der Waals surface area contributed by atoms with Crippen molar-refractivity contribution >= 4 is 33.5 Å². The molecule has 0 spiro atoms. The number of nitrogens with two attached hydrogens (primary N) is 1. The molecule has 0 aliphatic carbocycles. The van der Waals surface area contributed by atoms with Crippen molar-refractivity contribution in [3.63, 3.8) is 0 Å². The van der Waals surface area contributed by atoms with Gasteiger partial charge < -0.3 is 15.9 Å². The topological polar surface area (TPSA) is 114 Å². The fraction of sp³-hybridized carbons (Fsp3) is 0.308. The number of nitrogens with zero attached hydrogens (tertiary/aromatic N) is 1. The van der Waals surface area contributed by atoms with Gasteiger partial charge in [0.25, 0.3) is 0 Å². The molecule has 1 heterocycles. The van der Waals surface area contributed by atoms with Crippen LogP contribution in [0.3, 0.4) is 0 Å². The number of aromatic nitrogens is 1. The Morgan fingerprint density at radius 1 is 1.25 bits per heavy atom. The first-order valence-electron chi connectivity index (χ1n) is 6.03. The van der Waals surface area contributed by atoms with Crippen LogP contribution < -0.4 is 5.73 Å². The molecule has 0 unspecified atom stereocenters. The van der Waals surface area contributed by atoms with Crippen LogP contribution >= 0.6 is 11.3 Å². The summed E-state index contributed by atoms with van der Waals surface area (Å²) in [5, 5.41) is 18.6. The summed E-state index contributed by atoms with van der Waals surface area (Å²) in [6.07, 6.45) is 0.0796. The number of hydrogen-bond acceptors (Lipinski definition) is 5. The predicted octanol–water partition coefficient (Wildman–Crippen LogP) is 1.34. The summed E-state index contributed by atoms with van der Waals surface area (Å²) in [5.74, 6) is -3.09. The van der Waals surface area contributed by atoms with Crippen molar-refractivity contribution in [2.24, 2.45) is 11.7 Å². The molecule has 0 saturated heterocycles. The number of carboxylic acid groups (broad SMARTS) is 2. The maximum Gasteiger partial charge on any atom is 0.320 e. The van der Waals surface area contributed by atoms with Crippen LogP contribution in [-0.4, -0.2) is 33.2 Å². The molecule has 0 aliphatic rings. The number of aliphatic carboxylic acids is 2. The molecule has 0 amide bonds. The second-order valence-corrected chi connectivity index (χ2v) is 5.61. The van der Waals surface area contributed by atoms with Crippen LogP contribution in [0.25, 0.3) is 10.2 Å². The summed E-state index contributed by atoms with van der Waals surface area (Å²) in [7, 11) is 0. The van der Waals surface area contributed by atoms with E-state index < -0.39 is 23.9 Å². The van der Waals surface area contributed by atoms with Gasteiger partial charge in [-0.2, -0.15) is 0 Å². The highest BCUT2D eigenvalue weighted by atomic mass is 32.1. The van der Waals surface area contributed by atoms with E-state index in [4.69, 9.17) is 15.9 Å². The fourth-order valence-electron chi connectivity index (χ4n) is 1.90. The monoisotopic (exact) mass is 294 g/mol. The minimum atomic E-state index is -1.19. The van der Waals surface area contributed by atoms with Crippen LogP contribution in [0.4, 0.5) is 0 Å². The molecule has 1 aromatic carbocycles. The molecule has 4 N–H and O–H groups in total. The molecule has 0 fully saturated rings. The van der Waals surface area contributed by atoms with Gasteiger partial charge in [0.05, 0.1) is 21.1 Å². The molecule has 6 nitrogen and oxygen atoms in total. The Morgan fingerprint density at radius 3 is 2.55 bits per heavy atom. The molecule has 106 valence electrons. The first kappa shape index (κ1) is 14.4. The quantitative estimate of drug-likeness (QED) is 0.741. The number of carboxylic acids is 2. The Bertz CT molecular complexity index is 607. The van der Waals surface area contributed by atoms with Crippen molar-refractivity contribution in [3.8, 4) is 0 Å². The highest BCUT2D eigenvalue weighted by Crippen LogP contribution is 2.24. The van der Waals surface area contributed by atoms with E-state index in [9.17, 15) is 9.59 Å². The Morgan fingerprint density at radius 2 is 1.95 bits per heavy atom. The summed E-state index contributed by atoms with van der Waals surface area (Å²) in [6.45, 7) is 0.